The summed E-state index contributed by atoms with van der Waals surface area (Å²) in [5.41, 5.74) is 5.52. The minimum atomic E-state index is -4.25. The van der Waals surface area contributed by atoms with Gasteiger partial charge in [-0.3, -0.25) is 0 Å². The van der Waals surface area contributed by atoms with E-state index in [1.165, 1.54) is 0 Å². The van der Waals surface area contributed by atoms with Crippen molar-refractivity contribution in [3.05, 3.63) is 0 Å². The van der Waals surface area contributed by atoms with Gasteiger partial charge in [-0.1, -0.05) is 26.1 Å². The summed E-state index contributed by atoms with van der Waals surface area (Å²) in [7, 11) is 0. The first-order chi connectivity index (χ1) is 8.26. The standard InChI is InChI=1S/C11H21F3N2OS/c1-3-16(7-9(2)10(15)18)5-4-6-17-8-11(12,13)14/h9H,3-8H2,1-2H3,(H2,15,18). The molecule has 0 aliphatic carbocycles. The number of nitrogens with zero attached hydrogens (tertiary/aromatic N) is 1. The average molecular weight is 286 g/mol. The van der Waals surface area contributed by atoms with Crippen molar-refractivity contribution in [1.29, 1.82) is 0 Å². The van der Waals surface area contributed by atoms with Gasteiger partial charge in [-0.2, -0.15) is 13.2 Å². The van der Waals surface area contributed by atoms with Crippen LogP contribution in [0.5, 0.6) is 0 Å². The van der Waals surface area contributed by atoms with Crippen LogP contribution in [0, 0.1) is 5.92 Å². The fourth-order valence-corrected chi connectivity index (χ4v) is 1.51. The molecule has 0 amide bonds. The van der Waals surface area contributed by atoms with Crippen molar-refractivity contribution >= 4 is 17.2 Å². The minimum Gasteiger partial charge on any atom is -0.393 e. The Morgan fingerprint density at radius 2 is 2.06 bits per heavy atom. The second kappa shape index (κ2) is 8.66. The summed E-state index contributed by atoms with van der Waals surface area (Å²) < 4.78 is 40.0. The Kier molecular flexibility index (Phi) is 8.47. The van der Waals surface area contributed by atoms with Crippen LogP contribution in [0.2, 0.25) is 0 Å². The molecule has 0 aromatic rings. The van der Waals surface area contributed by atoms with E-state index in [-0.39, 0.29) is 12.5 Å². The third-order valence-electron chi connectivity index (χ3n) is 2.49. The van der Waals surface area contributed by atoms with E-state index in [9.17, 15) is 13.2 Å². The van der Waals surface area contributed by atoms with Crippen molar-refractivity contribution in [2.24, 2.45) is 11.7 Å². The first kappa shape index (κ1) is 17.6. The van der Waals surface area contributed by atoms with Crippen molar-refractivity contribution in [3.63, 3.8) is 0 Å². The summed E-state index contributed by atoms with van der Waals surface area (Å²) in [5, 5.41) is 0. The highest BCUT2D eigenvalue weighted by molar-refractivity contribution is 7.80. The van der Waals surface area contributed by atoms with Gasteiger partial charge in [0.2, 0.25) is 0 Å². The van der Waals surface area contributed by atoms with Gasteiger partial charge in [-0.05, 0) is 13.0 Å². The van der Waals surface area contributed by atoms with E-state index in [0.29, 0.717) is 18.0 Å². The number of rotatable bonds is 9. The van der Waals surface area contributed by atoms with E-state index >= 15 is 0 Å². The number of halogens is 3. The van der Waals surface area contributed by atoms with Gasteiger partial charge in [0, 0.05) is 25.6 Å². The molecule has 0 aliphatic rings. The lowest BCUT2D eigenvalue weighted by Crippen LogP contribution is -2.35. The topological polar surface area (TPSA) is 38.5 Å². The zero-order valence-corrected chi connectivity index (χ0v) is 11.6. The van der Waals surface area contributed by atoms with Crippen LogP contribution < -0.4 is 5.73 Å². The van der Waals surface area contributed by atoms with Crippen molar-refractivity contribution < 1.29 is 17.9 Å². The lowest BCUT2D eigenvalue weighted by atomic mass is 10.1. The molecular weight excluding hydrogens is 265 g/mol. The van der Waals surface area contributed by atoms with Crippen molar-refractivity contribution in [2.45, 2.75) is 26.4 Å². The summed E-state index contributed by atoms with van der Waals surface area (Å²) in [4.78, 5) is 2.56. The van der Waals surface area contributed by atoms with Gasteiger partial charge in [0.15, 0.2) is 0 Å². The Balaban J connectivity index is 3.71. The molecule has 0 fully saturated rings. The smallest absolute Gasteiger partial charge is 0.393 e. The van der Waals surface area contributed by atoms with Crippen LogP contribution >= 0.6 is 12.2 Å². The summed E-state index contributed by atoms with van der Waals surface area (Å²) in [6.07, 6.45) is -3.68. The highest BCUT2D eigenvalue weighted by Gasteiger charge is 2.27. The Bertz CT molecular complexity index is 249. The quantitative estimate of drug-likeness (QED) is 0.521. The highest BCUT2D eigenvalue weighted by Crippen LogP contribution is 2.14. The molecule has 0 aromatic heterocycles. The molecule has 0 spiro atoms. The molecule has 0 saturated carbocycles. The van der Waals surface area contributed by atoms with Crippen LogP contribution in [-0.2, 0) is 4.74 Å². The van der Waals surface area contributed by atoms with Crippen molar-refractivity contribution in [3.8, 4) is 0 Å². The Morgan fingerprint density at radius 3 is 2.50 bits per heavy atom. The number of hydrogen-bond acceptors (Lipinski definition) is 3. The van der Waals surface area contributed by atoms with Gasteiger partial charge < -0.3 is 15.4 Å². The second-order valence-electron chi connectivity index (χ2n) is 4.22. The van der Waals surface area contributed by atoms with Gasteiger partial charge in [-0.25, -0.2) is 0 Å². The van der Waals surface area contributed by atoms with Crippen molar-refractivity contribution in [2.75, 3.05) is 32.8 Å². The van der Waals surface area contributed by atoms with Gasteiger partial charge in [0.1, 0.15) is 6.61 Å². The Morgan fingerprint density at radius 1 is 1.44 bits per heavy atom. The lowest BCUT2D eigenvalue weighted by molar-refractivity contribution is -0.174. The average Bonchev–Trinajstić information content (AvgIpc) is 2.25. The van der Waals surface area contributed by atoms with Gasteiger partial charge in [0.25, 0.3) is 0 Å². The van der Waals surface area contributed by atoms with E-state index in [1.54, 1.807) is 0 Å². The number of ether oxygens (including phenoxy) is 1. The second-order valence-corrected chi connectivity index (χ2v) is 4.69. The molecule has 0 aromatic carbocycles. The summed E-state index contributed by atoms with van der Waals surface area (Å²) >= 11 is 4.88. The molecule has 108 valence electrons. The molecule has 0 radical (unpaired) electrons. The molecule has 0 saturated heterocycles. The summed E-state index contributed by atoms with van der Waals surface area (Å²) in [5.74, 6) is 0.107. The highest BCUT2D eigenvalue weighted by atomic mass is 32.1. The van der Waals surface area contributed by atoms with Gasteiger partial charge >= 0.3 is 6.18 Å². The minimum absolute atomic E-state index is 0.107. The fourth-order valence-electron chi connectivity index (χ4n) is 1.43. The third-order valence-corrected chi connectivity index (χ3v) is 2.90. The van der Waals surface area contributed by atoms with Crippen LogP contribution in [0.4, 0.5) is 13.2 Å². The molecule has 0 heterocycles. The van der Waals surface area contributed by atoms with E-state index in [2.05, 4.69) is 9.64 Å². The van der Waals surface area contributed by atoms with Crippen LogP contribution in [0.15, 0.2) is 0 Å². The largest absolute Gasteiger partial charge is 0.411 e. The number of nitrogens with two attached hydrogens (primary N) is 1. The maximum atomic E-state index is 11.8. The van der Waals surface area contributed by atoms with Crippen LogP contribution in [0.3, 0.4) is 0 Å². The summed E-state index contributed by atoms with van der Waals surface area (Å²) in [6, 6.07) is 0. The predicted molar refractivity (Wildman–Crippen MR) is 69.6 cm³/mol. The maximum absolute atomic E-state index is 11.8. The number of thiocarbonyl (C=S) groups is 1. The molecule has 0 bridgehead atoms. The summed E-state index contributed by atoms with van der Waals surface area (Å²) in [6.45, 7) is 5.08. The van der Waals surface area contributed by atoms with Gasteiger partial charge in [0.05, 0.1) is 4.99 Å². The fraction of sp³-hybridized carbons (Fsp3) is 0.909. The van der Waals surface area contributed by atoms with E-state index < -0.39 is 12.8 Å². The normalized spacial score (nSPS) is 13.9. The zero-order valence-electron chi connectivity index (χ0n) is 10.8. The maximum Gasteiger partial charge on any atom is 0.411 e. The lowest BCUT2D eigenvalue weighted by Gasteiger charge is -2.23. The van der Waals surface area contributed by atoms with E-state index in [0.717, 1.165) is 13.1 Å². The first-order valence-electron chi connectivity index (χ1n) is 5.92. The zero-order chi connectivity index (χ0) is 14.2. The van der Waals surface area contributed by atoms with Crippen LogP contribution in [-0.4, -0.2) is 48.9 Å². The molecule has 18 heavy (non-hydrogen) atoms. The monoisotopic (exact) mass is 286 g/mol. The molecule has 1 unspecified atom stereocenters. The number of hydrogen-bond donors (Lipinski definition) is 1. The number of alkyl halides is 3. The van der Waals surface area contributed by atoms with Crippen LogP contribution in [0.25, 0.3) is 0 Å². The van der Waals surface area contributed by atoms with E-state index in [1.807, 2.05) is 13.8 Å². The van der Waals surface area contributed by atoms with Crippen LogP contribution in [0.1, 0.15) is 20.3 Å². The molecule has 1 atom stereocenters. The predicted octanol–water partition coefficient (Wildman–Crippen LogP) is 2.20. The molecular formula is C11H21F3N2OS. The Hall–Kier alpha value is -0.400. The van der Waals surface area contributed by atoms with Crippen molar-refractivity contribution in [1.82, 2.24) is 4.90 Å². The molecule has 3 nitrogen and oxygen atoms in total. The Labute approximate surface area is 111 Å². The first-order valence-corrected chi connectivity index (χ1v) is 6.33. The molecule has 7 heteroatoms. The molecule has 2 N–H and O–H groups in total. The molecule has 0 rings (SSSR count). The molecule has 0 aliphatic heterocycles. The third kappa shape index (κ3) is 9.61. The van der Waals surface area contributed by atoms with Gasteiger partial charge in [-0.15, -0.1) is 0 Å². The SMILES string of the molecule is CCN(CCCOCC(F)(F)F)CC(C)C(N)=S. The van der Waals surface area contributed by atoms with E-state index in [4.69, 9.17) is 18.0 Å².